The Morgan fingerprint density at radius 2 is 2.38 bits per heavy atom. The summed E-state index contributed by atoms with van der Waals surface area (Å²) in [4.78, 5) is 6.74. The van der Waals surface area contributed by atoms with Crippen molar-refractivity contribution in [2.24, 2.45) is 10.8 Å². The van der Waals surface area contributed by atoms with Crippen molar-refractivity contribution in [1.82, 2.24) is 10.3 Å². The van der Waals surface area contributed by atoms with Gasteiger partial charge in [-0.3, -0.25) is 5.43 Å². The highest BCUT2D eigenvalue weighted by molar-refractivity contribution is 7.99. The van der Waals surface area contributed by atoms with Crippen LogP contribution in [0.4, 0.5) is 0 Å². The van der Waals surface area contributed by atoms with Crippen molar-refractivity contribution < 1.29 is 4.74 Å². The van der Waals surface area contributed by atoms with E-state index in [-0.39, 0.29) is 6.04 Å². The third-order valence-corrected chi connectivity index (χ3v) is 3.45. The molecule has 1 aliphatic heterocycles. The van der Waals surface area contributed by atoms with Crippen LogP contribution in [0.2, 0.25) is 0 Å². The minimum Gasteiger partial charge on any atom is -0.382 e. The monoisotopic (exact) mass is 246 g/mol. The maximum Gasteiger partial charge on any atom is 0.208 e. The molecule has 0 saturated carbocycles. The second-order valence-corrected chi connectivity index (χ2v) is 5.08. The van der Waals surface area contributed by atoms with Gasteiger partial charge in [0.1, 0.15) is 0 Å². The molecule has 16 heavy (non-hydrogen) atoms. The Kier molecular flexibility index (Phi) is 6.59. The summed E-state index contributed by atoms with van der Waals surface area (Å²) in [5, 5.41) is 0. The van der Waals surface area contributed by atoms with Crippen LogP contribution in [0.25, 0.3) is 0 Å². The summed E-state index contributed by atoms with van der Waals surface area (Å²) < 4.78 is 5.06. The molecule has 6 heteroatoms. The minimum atomic E-state index is 0.131. The number of aliphatic imine (C=N–C) groups is 1. The van der Waals surface area contributed by atoms with Gasteiger partial charge in [-0.2, -0.15) is 11.8 Å². The Morgan fingerprint density at radius 3 is 3.06 bits per heavy atom. The molecule has 1 saturated heterocycles. The first-order valence-corrected chi connectivity index (χ1v) is 6.79. The topological polar surface area (TPSA) is 62.9 Å². The number of nitrogens with zero attached hydrogens (tertiary/aromatic N) is 2. The summed E-state index contributed by atoms with van der Waals surface area (Å²) in [5.41, 5.74) is 2.70. The van der Waals surface area contributed by atoms with Gasteiger partial charge in [-0.15, -0.1) is 0 Å². The molecule has 3 N–H and O–H groups in total. The van der Waals surface area contributed by atoms with Gasteiger partial charge in [0.05, 0.1) is 12.6 Å². The van der Waals surface area contributed by atoms with E-state index in [1.165, 1.54) is 12.2 Å². The van der Waals surface area contributed by atoms with Gasteiger partial charge < -0.3 is 9.64 Å². The Morgan fingerprint density at radius 1 is 1.56 bits per heavy atom. The van der Waals surface area contributed by atoms with Gasteiger partial charge in [0, 0.05) is 26.0 Å². The molecule has 1 fully saturated rings. The number of thioether (sulfide) groups is 1. The van der Waals surface area contributed by atoms with Gasteiger partial charge in [-0.25, -0.2) is 10.8 Å². The normalized spacial score (nSPS) is 20.4. The molecule has 0 aromatic heterocycles. The Bertz CT molecular complexity index is 217. The summed E-state index contributed by atoms with van der Waals surface area (Å²) >= 11 is 1.99. The van der Waals surface area contributed by atoms with E-state index in [1.54, 1.807) is 7.11 Å². The quantitative estimate of drug-likeness (QED) is 0.324. The molecule has 5 nitrogen and oxygen atoms in total. The summed E-state index contributed by atoms with van der Waals surface area (Å²) in [6.07, 6.45) is 1.18. The zero-order valence-corrected chi connectivity index (χ0v) is 10.9. The van der Waals surface area contributed by atoms with Crippen LogP contribution in [-0.4, -0.2) is 55.2 Å². The van der Waals surface area contributed by atoms with Gasteiger partial charge in [0.15, 0.2) is 0 Å². The molecule has 0 bridgehead atoms. The summed E-state index contributed by atoms with van der Waals surface area (Å²) in [7, 11) is 1.68. The van der Waals surface area contributed by atoms with Crippen LogP contribution in [0.1, 0.15) is 13.3 Å². The molecule has 1 unspecified atom stereocenters. The molecule has 0 radical (unpaired) electrons. The minimum absolute atomic E-state index is 0.131. The van der Waals surface area contributed by atoms with Gasteiger partial charge >= 0.3 is 0 Å². The first kappa shape index (κ1) is 13.6. The lowest BCUT2D eigenvalue weighted by Crippen LogP contribution is -2.46. The Labute approximate surface area is 102 Å². The van der Waals surface area contributed by atoms with E-state index in [0.717, 1.165) is 24.8 Å². The molecule has 0 aromatic rings. The number of methoxy groups -OCH3 is 1. The van der Waals surface area contributed by atoms with Crippen molar-refractivity contribution in [3.05, 3.63) is 0 Å². The fraction of sp³-hybridized carbons (Fsp3) is 0.900. The van der Waals surface area contributed by atoms with Crippen molar-refractivity contribution in [3.63, 3.8) is 0 Å². The van der Waals surface area contributed by atoms with Crippen molar-refractivity contribution in [2.45, 2.75) is 19.4 Å². The zero-order valence-electron chi connectivity index (χ0n) is 10.1. The van der Waals surface area contributed by atoms with Crippen molar-refractivity contribution >= 4 is 17.7 Å². The number of hydrogen-bond donors (Lipinski definition) is 2. The predicted octanol–water partition coefficient (Wildman–Crippen LogP) is 0.280. The van der Waals surface area contributed by atoms with E-state index in [9.17, 15) is 0 Å². The third kappa shape index (κ3) is 4.59. The number of nitrogens with two attached hydrogens (primary N) is 1. The molecule has 0 aliphatic carbocycles. The second-order valence-electron chi connectivity index (χ2n) is 3.85. The molecule has 1 heterocycles. The first-order valence-electron chi connectivity index (χ1n) is 5.64. The highest BCUT2D eigenvalue weighted by Gasteiger charge is 2.13. The standard InChI is InChI=1S/C10H22N4OS/c1-9(8-15-2)12-10(13-11)14-4-3-6-16-7-5-14/h9H,3-8,11H2,1-2H3,(H,12,13). The van der Waals surface area contributed by atoms with Crippen molar-refractivity contribution in [1.29, 1.82) is 0 Å². The Balaban J connectivity index is 2.56. The number of guanidine groups is 1. The molecule has 0 spiro atoms. The van der Waals surface area contributed by atoms with E-state index in [2.05, 4.69) is 15.3 Å². The van der Waals surface area contributed by atoms with Crippen LogP contribution in [0.5, 0.6) is 0 Å². The molecule has 94 valence electrons. The van der Waals surface area contributed by atoms with Crippen LogP contribution in [-0.2, 0) is 4.74 Å². The molecule has 0 amide bonds. The lowest BCUT2D eigenvalue weighted by molar-refractivity contribution is 0.185. The fourth-order valence-corrected chi connectivity index (χ4v) is 2.54. The van der Waals surface area contributed by atoms with E-state index in [1.807, 2.05) is 18.7 Å². The van der Waals surface area contributed by atoms with Crippen LogP contribution in [0.3, 0.4) is 0 Å². The number of rotatable bonds is 3. The van der Waals surface area contributed by atoms with E-state index in [0.29, 0.717) is 6.61 Å². The molecular weight excluding hydrogens is 224 g/mol. The largest absolute Gasteiger partial charge is 0.382 e. The predicted molar refractivity (Wildman–Crippen MR) is 69.6 cm³/mol. The van der Waals surface area contributed by atoms with E-state index >= 15 is 0 Å². The number of nitrogens with one attached hydrogen (secondary N) is 1. The van der Waals surface area contributed by atoms with Crippen molar-refractivity contribution in [3.8, 4) is 0 Å². The first-order chi connectivity index (χ1) is 7.77. The fourth-order valence-electron chi connectivity index (χ4n) is 1.66. The second kappa shape index (κ2) is 7.76. The molecule has 0 aromatic carbocycles. The maximum absolute atomic E-state index is 5.53. The molecule has 1 atom stereocenters. The Hall–Kier alpha value is -0.460. The highest BCUT2D eigenvalue weighted by Crippen LogP contribution is 2.10. The highest BCUT2D eigenvalue weighted by atomic mass is 32.2. The van der Waals surface area contributed by atoms with E-state index < -0.39 is 0 Å². The van der Waals surface area contributed by atoms with Crippen LogP contribution >= 0.6 is 11.8 Å². The third-order valence-electron chi connectivity index (χ3n) is 2.40. The summed E-state index contributed by atoms with van der Waals surface area (Å²) in [6, 6.07) is 0.131. The van der Waals surface area contributed by atoms with Gasteiger partial charge in [-0.1, -0.05) is 0 Å². The number of ether oxygens (including phenoxy) is 1. The van der Waals surface area contributed by atoms with E-state index in [4.69, 9.17) is 10.6 Å². The molecule has 1 aliphatic rings. The average molecular weight is 246 g/mol. The van der Waals surface area contributed by atoms with Crippen LogP contribution < -0.4 is 11.3 Å². The molecular formula is C10H22N4OS. The van der Waals surface area contributed by atoms with Crippen LogP contribution in [0.15, 0.2) is 4.99 Å². The summed E-state index contributed by atoms with van der Waals surface area (Å²) in [6.45, 7) is 4.67. The molecule has 1 rings (SSSR count). The van der Waals surface area contributed by atoms with Gasteiger partial charge in [0.2, 0.25) is 5.96 Å². The smallest absolute Gasteiger partial charge is 0.208 e. The SMILES string of the molecule is COCC(C)N=C(NN)N1CCCSCC1. The maximum atomic E-state index is 5.53. The van der Waals surface area contributed by atoms with Crippen LogP contribution in [0, 0.1) is 0 Å². The number of hydrogen-bond acceptors (Lipinski definition) is 4. The van der Waals surface area contributed by atoms with Gasteiger partial charge in [-0.05, 0) is 19.1 Å². The zero-order chi connectivity index (χ0) is 11.8. The number of hydrazine groups is 1. The average Bonchev–Trinajstić information content (AvgIpc) is 2.55. The van der Waals surface area contributed by atoms with Gasteiger partial charge in [0.25, 0.3) is 0 Å². The lowest BCUT2D eigenvalue weighted by Gasteiger charge is -2.24. The lowest BCUT2D eigenvalue weighted by atomic mass is 10.4. The van der Waals surface area contributed by atoms with Crippen molar-refractivity contribution in [2.75, 3.05) is 38.3 Å². The summed E-state index contributed by atoms with van der Waals surface area (Å²) in [5.74, 6) is 8.68.